The van der Waals surface area contributed by atoms with Crippen LogP contribution in [0.25, 0.3) is 0 Å². The number of aromatic nitrogens is 2. The predicted octanol–water partition coefficient (Wildman–Crippen LogP) is 1.07. The summed E-state index contributed by atoms with van der Waals surface area (Å²) in [5.74, 6) is 0. The summed E-state index contributed by atoms with van der Waals surface area (Å²) in [6, 6.07) is 0. The SMILES string of the molecule is Cn1cc(N2CC[P+](=O)CC2)cn1. The number of hydrogen-bond acceptors (Lipinski definition) is 3. The van der Waals surface area contributed by atoms with E-state index in [1.54, 1.807) is 4.68 Å². The smallest absolute Gasteiger partial charge is 0.342 e. The number of nitrogens with zero attached hydrogens (tertiary/aromatic N) is 3. The van der Waals surface area contributed by atoms with Crippen LogP contribution in [0.3, 0.4) is 0 Å². The molecule has 0 spiro atoms. The number of aryl methyl sites for hydroxylation is 1. The van der Waals surface area contributed by atoms with Gasteiger partial charge in [0.25, 0.3) is 0 Å². The van der Waals surface area contributed by atoms with Crippen LogP contribution in [0.1, 0.15) is 0 Å². The largest absolute Gasteiger partial charge is 0.360 e. The first-order chi connectivity index (χ1) is 6.25. The van der Waals surface area contributed by atoms with Crippen molar-refractivity contribution in [2.24, 2.45) is 7.05 Å². The summed E-state index contributed by atoms with van der Waals surface area (Å²) in [5.41, 5.74) is 1.14. The second-order valence-corrected chi connectivity index (χ2v) is 5.15. The molecule has 1 aliphatic rings. The Morgan fingerprint density at radius 3 is 2.69 bits per heavy atom. The summed E-state index contributed by atoms with van der Waals surface area (Å²) < 4.78 is 12.9. The maximum absolute atomic E-state index is 11.1. The van der Waals surface area contributed by atoms with Crippen LogP contribution in [0.2, 0.25) is 0 Å². The highest BCUT2D eigenvalue weighted by atomic mass is 31.1. The molecular formula is C8H13N3OP+. The average molecular weight is 198 g/mol. The third kappa shape index (κ3) is 1.89. The van der Waals surface area contributed by atoms with E-state index in [-0.39, 0.29) is 0 Å². The minimum atomic E-state index is -0.921. The molecule has 0 radical (unpaired) electrons. The predicted molar refractivity (Wildman–Crippen MR) is 52.8 cm³/mol. The van der Waals surface area contributed by atoms with Crippen LogP contribution < -0.4 is 4.90 Å². The van der Waals surface area contributed by atoms with Crippen LogP contribution in [0, 0.1) is 0 Å². The monoisotopic (exact) mass is 198 g/mol. The molecule has 1 saturated heterocycles. The van der Waals surface area contributed by atoms with Gasteiger partial charge in [-0.2, -0.15) is 5.10 Å². The van der Waals surface area contributed by atoms with Gasteiger partial charge in [-0.3, -0.25) is 4.68 Å². The topological polar surface area (TPSA) is 38.1 Å². The van der Waals surface area contributed by atoms with Crippen molar-refractivity contribution in [3.63, 3.8) is 0 Å². The Bertz CT molecular complexity index is 313. The van der Waals surface area contributed by atoms with Gasteiger partial charge in [-0.25, -0.2) is 0 Å². The molecule has 4 nitrogen and oxygen atoms in total. The quantitative estimate of drug-likeness (QED) is 0.633. The summed E-state index contributed by atoms with van der Waals surface area (Å²) in [6.45, 7) is 1.81. The Hall–Kier alpha value is -0.890. The van der Waals surface area contributed by atoms with E-state index >= 15 is 0 Å². The molecule has 2 heterocycles. The molecule has 1 aliphatic heterocycles. The maximum atomic E-state index is 11.1. The molecule has 0 N–H and O–H groups in total. The molecule has 0 amide bonds. The first-order valence-electron chi connectivity index (χ1n) is 4.41. The molecule has 1 fully saturated rings. The third-order valence-electron chi connectivity index (χ3n) is 2.30. The standard InChI is InChI=1S/C8H13N3OP/c1-10-7-8(6-9-10)11-2-4-13(12)5-3-11/h6-7H,2-5H2,1H3/q+1. The van der Waals surface area contributed by atoms with Gasteiger partial charge in [-0.1, -0.05) is 4.57 Å². The lowest BCUT2D eigenvalue weighted by Gasteiger charge is -2.21. The molecule has 13 heavy (non-hydrogen) atoms. The Kier molecular flexibility index (Phi) is 2.32. The van der Waals surface area contributed by atoms with E-state index in [1.807, 2.05) is 19.4 Å². The summed E-state index contributed by atoms with van der Waals surface area (Å²) in [6.07, 6.45) is 5.51. The molecule has 0 aromatic carbocycles. The zero-order valence-corrected chi connectivity index (χ0v) is 8.57. The minimum Gasteiger partial charge on any atom is -0.360 e. The second-order valence-electron chi connectivity index (χ2n) is 3.29. The van der Waals surface area contributed by atoms with E-state index in [0.717, 1.165) is 31.1 Å². The maximum Gasteiger partial charge on any atom is 0.342 e. The number of hydrogen-bond donors (Lipinski definition) is 0. The van der Waals surface area contributed by atoms with Crippen molar-refractivity contribution in [1.29, 1.82) is 0 Å². The lowest BCUT2D eigenvalue weighted by atomic mass is 10.4. The minimum absolute atomic E-state index is 0.824. The van der Waals surface area contributed by atoms with Crippen LogP contribution >= 0.6 is 7.80 Å². The fourth-order valence-electron chi connectivity index (χ4n) is 1.52. The van der Waals surface area contributed by atoms with E-state index in [2.05, 4.69) is 10.00 Å². The van der Waals surface area contributed by atoms with Crippen molar-refractivity contribution >= 4 is 13.5 Å². The van der Waals surface area contributed by atoms with Gasteiger partial charge >= 0.3 is 7.80 Å². The van der Waals surface area contributed by atoms with Crippen molar-refractivity contribution in [2.75, 3.05) is 30.3 Å². The van der Waals surface area contributed by atoms with Gasteiger partial charge in [-0.05, 0) is 0 Å². The van der Waals surface area contributed by atoms with Crippen LogP contribution in [-0.2, 0) is 11.6 Å². The molecule has 0 bridgehead atoms. The number of anilines is 1. The Morgan fingerprint density at radius 2 is 2.15 bits per heavy atom. The first kappa shape index (κ1) is 8.70. The van der Waals surface area contributed by atoms with Gasteiger partial charge in [0.2, 0.25) is 0 Å². The van der Waals surface area contributed by atoms with Gasteiger partial charge < -0.3 is 4.90 Å². The molecule has 0 atom stereocenters. The highest BCUT2D eigenvalue weighted by molar-refractivity contribution is 7.44. The van der Waals surface area contributed by atoms with E-state index in [1.165, 1.54) is 0 Å². The van der Waals surface area contributed by atoms with E-state index in [9.17, 15) is 4.57 Å². The lowest BCUT2D eigenvalue weighted by Crippen LogP contribution is -2.32. The van der Waals surface area contributed by atoms with Gasteiger partial charge in [0, 0.05) is 13.2 Å². The highest BCUT2D eigenvalue weighted by Gasteiger charge is 2.25. The molecule has 1 aromatic rings. The average Bonchev–Trinajstić information content (AvgIpc) is 2.53. The zero-order valence-electron chi connectivity index (χ0n) is 7.68. The summed E-state index contributed by atoms with van der Waals surface area (Å²) in [4.78, 5) is 2.24. The van der Waals surface area contributed by atoms with E-state index in [0.29, 0.717) is 0 Å². The molecule has 5 heteroatoms. The second kappa shape index (κ2) is 3.46. The highest BCUT2D eigenvalue weighted by Crippen LogP contribution is 2.27. The Labute approximate surface area is 78.3 Å². The molecule has 0 unspecified atom stereocenters. The molecular weight excluding hydrogens is 185 g/mol. The lowest BCUT2D eigenvalue weighted by molar-refractivity contribution is 0.582. The van der Waals surface area contributed by atoms with Gasteiger partial charge in [0.15, 0.2) is 12.3 Å². The fourth-order valence-corrected chi connectivity index (χ4v) is 2.67. The summed E-state index contributed by atoms with van der Waals surface area (Å²) in [7, 11) is 0.990. The van der Waals surface area contributed by atoms with Crippen molar-refractivity contribution in [2.45, 2.75) is 0 Å². The molecule has 2 rings (SSSR count). The van der Waals surface area contributed by atoms with Gasteiger partial charge in [-0.15, -0.1) is 0 Å². The fraction of sp³-hybridized carbons (Fsp3) is 0.625. The Balaban J connectivity index is 2.06. The van der Waals surface area contributed by atoms with Crippen molar-refractivity contribution in [3.05, 3.63) is 12.4 Å². The van der Waals surface area contributed by atoms with E-state index < -0.39 is 7.80 Å². The van der Waals surface area contributed by atoms with Crippen LogP contribution in [0.4, 0.5) is 5.69 Å². The summed E-state index contributed by atoms with van der Waals surface area (Å²) in [5, 5.41) is 4.11. The summed E-state index contributed by atoms with van der Waals surface area (Å²) >= 11 is 0. The van der Waals surface area contributed by atoms with Crippen LogP contribution in [0.5, 0.6) is 0 Å². The first-order valence-corrected chi connectivity index (χ1v) is 6.04. The molecule has 0 aliphatic carbocycles. The van der Waals surface area contributed by atoms with Crippen molar-refractivity contribution < 1.29 is 4.57 Å². The number of rotatable bonds is 1. The molecule has 1 aromatic heterocycles. The molecule has 0 saturated carbocycles. The Morgan fingerprint density at radius 1 is 1.46 bits per heavy atom. The van der Waals surface area contributed by atoms with Crippen molar-refractivity contribution in [3.8, 4) is 0 Å². The van der Waals surface area contributed by atoms with Crippen molar-refractivity contribution in [1.82, 2.24) is 9.78 Å². The normalized spacial score (nSPS) is 17.9. The zero-order chi connectivity index (χ0) is 9.26. The van der Waals surface area contributed by atoms with Crippen LogP contribution in [-0.4, -0.2) is 35.2 Å². The van der Waals surface area contributed by atoms with Crippen LogP contribution in [0.15, 0.2) is 12.4 Å². The third-order valence-corrected chi connectivity index (χ3v) is 3.69. The van der Waals surface area contributed by atoms with Gasteiger partial charge in [0.05, 0.1) is 25.0 Å². The molecule has 70 valence electrons. The van der Waals surface area contributed by atoms with E-state index in [4.69, 9.17) is 0 Å². The van der Waals surface area contributed by atoms with Gasteiger partial charge in [0.1, 0.15) is 0 Å².